The Bertz CT molecular complexity index is 1090. The number of amides is 1. The highest BCUT2D eigenvalue weighted by molar-refractivity contribution is 6.03. The lowest BCUT2D eigenvalue weighted by Crippen LogP contribution is -2.15. The van der Waals surface area contributed by atoms with Gasteiger partial charge < -0.3 is 19.5 Å². The normalized spacial score (nSPS) is 10.6. The molecule has 0 unspecified atom stereocenters. The van der Waals surface area contributed by atoms with E-state index in [1.54, 1.807) is 31.4 Å². The van der Waals surface area contributed by atoms with Gasteiger partial charge in [0.05, 0.1) is 23.8 Å². The number of nitro benzene ring substituents is 1. The van der Waals surface area contributed by atoms with Gasteiger partial charge in [0, 0.05) is 18.3 Å². The number of hydrogen-bond donors (Lipinski definition) is 1. The maximum absolute atomic E-state index is 12.5. The van der Waals surface area contributed by atoms with E-state index in [0.29, 0.717) is 11.5 Å². The molecule has 3 aromatic rings. The van der Waals surface area contributed by atoms with Gasteiger partial charge in [-0.1, -0.05) is 0 Å². The number of carbonyl (C=O) groups is 1. The van der Waals surface area contributed by atoms with Crippen LogP contribution in [0.1, 0.15) is 10.5 Å². The van der Waals surface area contributed by atoms with Gasteiger partial charge in [-0.15, -0.1) is 0 Å². The summed E-state index contributed by atoms with van der Waals surface area (Å²) in [5, 5.41) is 17.6. The highest BCUT2D eigenvalue weighted by atomic mass is 19.3. The second-order valence-electron chi connectivity index (χ2n) is 6.32. The van der Waals surface area contributed by atoms with Crippen molar-refractivity contribution in [3.63, 3.8) is 0 Å². The average molecular weight is 448 g/mol. The Morgan fingerprint density at radius 2 is 1.84 bits per heavy atom. The molecule has 0 spiro atoms. The minimum absolute atomic E-state index is 0.00232. The Labute approximate surface area is 180 Å². The Balaban J connectivity index is 1.65. The van der Waals surface area contributed by atoms with Crippen LogP contribution >= 0.6 is 0 Å². The monoisotopic (exact) mass is 448 g/mol. The molecule has 0 saturated carbocycles. The number of benzene rings is 2. The molecule has 0 saturated heterocycles. The predicted octanol–water partition coefficient (Wildman–Crippen LogP) is 3.73. The molecule has 0 fully saturated rings. The number of carbonyl (C=O) groups excluding carboxylic acids is 1. The standard InChI is InChI=1S/C20H18F2N4O6/c1-30-15-2-4-16(5-3-15)32-12-25-7-6-18(24-25)20(27)23-13-8-14(26(28)29)10-17(9-13)31-11-19(21)22/h2-10,19H,11-12H2,1H3,(H,23,27). The molecule has 1 aromatic heterocycles. The van der Waals surface area contributed by atoms with Gasteiger partial charge >= 0.3 is 0 Å². The van der Waals surface area contributed by atoms with Crippen molar-refractivity contribution >= 4 is 17.3 Å². The van der Waals surface area contributed by atoms with E-state index in [1.807, 2.05) is 0 Å². The molecule has 10 nitrogen and oxygen atoms in total. The first-order valence-electron chi connectivity index (χ1n) is 9.16. The van der Waals surface area contributed by atoms with E-state index in [-0.39, 0.29) is 23.9 Å². The van der Waals surface area contributed by atoms with Gasteiger partial charge in [0.1, 0.15) is 23.9 Å². The first kappa shape index (κ1) is 22.5. The summed E-state index contributed by atoms with van der Waals surface area (Å²) in [5.41, 5.74) is -0.409. The molecular weight excluding hydrogens is 430 g/mol. The number of hydrogen-bond acceptors (Lipinski definition) is 7. The van der Waals surface area contributed by atoms with E-state index in [0.717, 1.165) is 12.1 Å². The van der Waals surface area contributed by atoms with E-state index in [2.05, 4.69) is 10.4 Å². The molecule has 0 aliphatic rings. The maximum Gasteiger partial charge on any atom is 0.276 e. The second-order valence-corrected chi connectivity index (χ2v) is 6.32. The molecule has 0 atom stereocenters. The lowest BCUT2D eigenvalue weighted by atomic mass is 10.2. The van der Waals surface area contributed by atoms with Gasteiger partial charge in [0.25, 0.3) is 18.0 Å². The number of ether oxygens (including phenoxy) is 3. The van der Waals surface area contributed by atoms with Crippen LogP contribution in [0.2, 0.25) is 0 Å². The van der Waals surface area contributed by atoms with Crippen molar-refractivity contribution in [2.45, 2.75) is 13.2 Å². The van der Waals surface area contributed by atoms with Crippen LogP contribution in [0.4, 0.5) is 20.2 Å². The summed E-state index contributed by atoms with van der Waals surface area (Å²) >= 11 is 0. The summed E-state index contributed by atoms with van der Waals surface area (Å²) in [4.78, 5) is 22.8. The van der Waals surface area contributed by atoms with Crippen molar-refractivity contribution in [2.75, 3.05) is 19.0 Å². The Morgan fingerprint density at radius 1 is 1.12 bits per heavy atom. The summed E-state index contributed by atoms with van der Waals surface area (Å²) in [6.45, 7) is -0.908. The highest BCUT2D eigenvalue weighted by Gasteiger charge is 2.16. The lowest BCUT2D eigenvalue weighted by molar-refractivity contribution is -0.384. The Hall–Kier alpha value is -4.22. The number of nitrogens with zero attached hydrogens (tertiary/aromatic N) is 3. The summed E-state index contributed by atoms with van der Waals surface area (Å²) in [6, 6.07) is 11.6. The number of methoxy groups -OCH3 is 1. The molecule has 1 N–H and O–H groups in total. The molecule has 0 bridgehead atoms. The van der Waals surface area contributed by atoms with E-state index in [4.69, 9.17) is 14.2 Å². The van der Waals surface area contributed by atoms with Crippen LogP contribution in [0, 0.1) is 10.1 Å². The van der Waals surface area contributed by atoms with Crippen molar-refractivity contribution < 1.29 is 32.7 Å². The van der Waals surface area contributed by atoms with Crippen LogP contribution < -0.4 is 19.5 Å². The maximum atomic E-state index is 12.5. The molecule has 0 radical (unpaired) electrons. The molecule has 0 aliphatic heterocycles. The summed E-state index contributed by atoms with van der Waals surface area (Å²) in [6.07, 6.45) is -1.24. The van der Waals surface area contributed by atoms with Gasteiger partial charge in [-0.05, 0) is 30.3 Å². The molecule has 12 heteroatoms. The minimum atomic E-state index is -2.75. The summed E-state index contributed by atoms with van der Waals surface area (Å²) in [5.74, 6) is 0.418. The van der Waals surface area contributed by atoms with Crippen LogP contribution in [0.3, 0.4) is 0 Å². The van der Waals surface area contributed by atoms with E-state index >= 15 is 0 Å². The van der Waals surface area contributed by atoms with Crippen molar-refractivity contribution in [3.05, 3.63) is 70.5 Å². The molecule has 1 amide bonds. The molecule has 2 aromatic carbocycles. The van der Waals surface area contributed by atoms with Crippen LogP contribution in [-0.4, -0.2) is 40.8 Å². The van der Waals surface area contributed by atoms with Crippen LogP contribution in [0.15, 0.2) is 54.7 Å². The SMILES string of the molecule is COc1ccc(OCn2ccc(C(=O)Nc3cc(OCC(F)F)cc([N+](=O)[O-])c3)n2)cc1. The van der Waals surface area contributed by atoms with Gasteiger partial charge in [0.2, 0.25) is 0 Å². The van der Waals surface area contributed by atoms with Gasteiger partial charge in [-0.2, -0.15) is 5.10 Å². The van der Waals surface area contributed by atoms with Crippen LogP contribution in [-0.2, 0) is 6.73 Å². The second kappa shape index (κ2) is 10.2. The Kier molecular flexibility index (Phi) is 7.16. The van der Waals surface area contributed by atoms with E-state index in [1.165, 1.54) is 23.0 Å². The number of anilines is 1. The van der Waals surface area contributed by atoms with Gasteiger partial charge in [0.15, 0.2) is 12.4 Å². The van der Waals surface area contributed by atoms with Crippen LogP contribution in [0.5, 0.6) is 17.2 Å². The topological polar surface area (TPSA) is 118 Å². The smallest absolute Gasteiger partial charge is 0.276 e. The van der Waals surface area contributed by atoms with E-state index < -0.39 is 29.6 Å². The number of non-ortho nitro benzene ring substituents is 1. The fourth-order valence-electron chi connectivity index (χ4n) is 2.57. The van der Waals surface area contributed by atoms with Crippen molar-refractivity contribution in [2.24, 2.45) is 0 Å². The Morgan fingerprint density at radius 3 is 2.50 bits per heavy atom. The highest BCUT2D eigenvalue weighted by Crippen LogP contribution is 2.27. The third kappa shape index (κ3) is 6.14. The average Bonchev–Trinajstić information content (AvgIpc) is 3.26. The fourth-order valence-corrected chi connectivity index (χ4v) is 2.57. The largest absolute Gasteiger partial charge is 0.497 e. The number of halogens is 2. The van der Waals surface area contributed by atoms with Gasteiger partial charge in [-0.3, -0.25) is 14.9 Å². The zero-order valence-corrected chi connectivity index (χ0v) is 16.7. The number of rotatable bonds is 10. The molecule has 3 rings (SSSR count). The number of alkyl halides is 2. The molecular formula is C20H18F2N4O6. The number of nitro groups is 1. The molecule has 1 heterocycles. The third-order valence-electron chi connectivity index (χ3n) is 4.03. The zero-order valence-electron chi connectivity index (χ0n) is 16.7. The molecule has 0 aliphatic carbocycles. The summed E-state index contributed by atoms with van der Waals surface area (Å²) < 4.78 is 41.6. The van der Waals surface area contributed by atoms with Crippen molar-refractivity contribution in [1.82, 2.24) is 9.78 Å². The van der Waals surface area contributed by atoms with Crippen molar-refractivity contribution in [3.8, 4) is 17.2 Å². The minimum Gasteiger partial charge on any atom is -0.497 e. The quantitative estimate of drug-likeness (QED) is 0.371. The first-order chi connectivity index (χ1) is 15.3. The zero-order chi connectivity index (χ0) is 23.1. The molecule has 32 heavy (non-hydrogen) atoms. The number of nitrogens with one attached hydrogen (secondary N) is 1. The van der Waals surface area contributed by atoms with Gasteiger partial charge in [-0.25, -0.2) is 13.5 Å². The van der Waals surface area contributed by atoms with E-state index in [9.17, 15) is 23.7 Å². The lowest BCUT2D eigenvalue weighted by Gasteiger charge is -2.09. The predicted molar refractivity (Wildman–Crippen MR) is 108 cm³/mol. The van der Waals surface area contributed by atoms with Crippen molar-refractivity contribution in [1.29, 1.82) is 0 Å². The molecule has 168 valence electrons. The van der Waals surface area contributed by atoms with Crippen LogP contribution in [0.25, 0.3) is 0 Å². The summed E-state index contributed by atoms with van der Waals surface area (Å²) in [7, 11) is 1.55. The first-order valence-corrected chi connectivity index (χ1v) is 9.16. The fraction of sp³-hybridized carbons (Fsp3) is 0.200. The number of aromatic nitrogens is 2. The third-order valence-corrected chi connectivity index (χ3v) is 4.03.